The van der Waals surface area contributed by atoms with Crippen molar-refractivity contribution < 1.29 is 4.43 Å². The lowest BCUT2D eigenvalue weighted by Crippen LogP contribution is -2.40. The smallest absolute Gasteiger partial charge is 0.193 e. The molecular formula is C14H27BrOSi. The Morgan fingerprint density at radius 1 is 1.24 bits per heavy atom. The maximum absolute atomic E-state index is 5.98. The molecule has 0 fully saturated rings. The highest BCUT2D eigenvalue weighted by molar-refractivity contribution is 9.09. The van der Waals surface area contributed by atoms with Crippen molar-refractivity contribution in [3.63, 3.8) is 0 Å². The van der Waals surface area contributed by atoms with Gasteiger partial charge in [-0.15, -0.1) is 5.92 Å². The number of alkyl halides is 1. The highest BCUT2D eigenvalue weighted by Gasteiger charge is 2.36. The highest BCUT2D eigenvalue weighted by Crippen LogP contribution is 2.36. The van der Waals surface area contributed by atoms with Crippen molar-refractivity contribution in [2.24, 2.45) is 5.92 Å². The van der Waals surface area contributed by atoms with Crippen LogP contribution in [-0.4, -0.2) is 20.3 Å². The molecule has 0 saturated heterocycles. The maximum atomic E-state index is 5.98. The molecule has 0 N–H and O–H groups in total. The minimum absolute atomic E-state index is 0.277. The second-order valence-electron chi connectivity index (χ2n) is 6.20. The van der Waals surface area contributed by atoms with Gasteiger partial charge in [-0.25, -0.2) is 0 Å². The van der Waals surface area contributed by atoms with Gasteiger partial charge >= 0.3 is 0 Å². The van der Waals surface area contributed by atoms with Crippen molar-refractivity contribution in [1.82, 2.24) is 0 Å². The number of hydrogen-bond acceptors (Lipinski definition) is 1. The van der Waals surface area contributed by atoms with Crippen molar-refractivity contribution in [2.45, 2.75) is 58.7 Å². The van der Waals surface area contributed by atoms with Crippen LogP contribution in [0.25, 0.3) is 0 Å². The van der Waals surface area contributed by atoms with Crippen molar-refractivity contribution in [2.75, 3.05) is 11.9 Å². The molecule has 0 bridgehead atoms. The Morgan fingerprint density at radius 2 is 1.82 bits per heavy atom. The lowest BCUT2D eigenvalue weighted by atomic mass is 10.1. The Labute approximate surface area is 117 Å². The molecule has 0 saturated carbocycles. The first kappa shape index (κ1) is 17.2. The van der Waals surface area contributed by atoms with Crippen molar-refractivity contribution in [1.29, 1.82) is 0 Å². The molecule has 0 heterocycles. The van der Waals surface area contributed by atoms with Gasteiger partial charge in [-0.3, -0.25) is 0 Å². The normalized spacial score (nSPS) is 14.1. The molecule has 0 aromatic rings. The molecule has 1 atom stereocenters. The number of hydrogen-bond donors (Lipinski definition) is 0. The Kier molecular flexibility index (Phi) is 7.70. The van der Waals surface area contributed by atoms with Gasteiger partial charge in [0.25, 0.3) is 0 Å². The molecule has 3 heteroatoms. The molecule has 0 aromatic carbocycles. The van der Waals surface area contributed by atoms with E-state index in [0.29, 0.717) is 12.5 Å². The third-order valence-electron chi connectivity index (χ3n) is 3.46. The van der Waals surface area contributed by atoms with Crippen LogP contribution < -0.4 is 0 Å². The zero-order valence-electron chi connectivity index (χ0n) is 12.2. The first-order chi connectivity index (χ1) is 7.70. The van der Waals surface area contributed by atoms with Gasteiger partial charge in [0, 0.05) is 11.8 Å². The van der Waals surface area contributed by atoms with Gasteiger partial charge in [-0.2, -0.15) is 0 Å². The van der Waals surface area contributed by atoms with Gasteiger partial charge < -0.3 is 4.43 Å². The first-order valence-electron chi connectivity index (χ1n) is 6.36. The highest BCUT2D eigenvalue weighted by atomic mass is 79.9. The fourth-order valence-electron chi connectivity index (χ4n) is 0.968. The maximum Gasteiger partial charge on any atom is 0.193 e. The third-order valence-corrected chi connectivity index (χ3v) is 9.05. The molecular weight excluding hydrogens is 292 g/mol. The molecule has 1 unspecified atom stereocenters. The molecule has 0 radical (unpaired) electrons. The minimum Gasteiger partial charge on any atom is -0.406 e. The van der Waals surface area contributed by atoms with Crippen LogP contribution in [-0.2, 0) is 4.43 Å². The van der Waals surface area contributed by atoms with Crippen LogP contribution in [0.1, 0.15) is 40.5 Å². The summed E-state index contributed by atoms with van der Waals surface area (Å²) in [6, 6.07) is 0. The summed E-state index contributed by atoms with van der Waals surface area (Å²) in [7, 11) is -1.60. The Bertz CT molecular complexity index is 270. The van der Waals surface area contributed by atoms with Crippen LogP contribution in [0.5, 0.6) is 0 Å². The summed E-state index contributed by atoms with van der Waals surface area (Å²) < 4.78 is 5.98. The number of rotatable bonds is 5. The molecule has 0 aromatic heterocycles. The molecule has 0 amide bonds. The van der Waals surface area contributed by atoms with E-state index in [2.05, 4.69) is 68.6 Å². The monoisotopic (exact) mass is 318 g/mol. The van der Waals surface area contributed by atoms with Crippen LogP contribution in [0.3, 0.4) is 0 Å². The van der Waals surface area contributed by atoms with Gasteiger partial charge in [0.15, 0.2) is 8.32 Å². The molecule has 17 heavy (non-hydrogen) atoms. The van der Waals surface area contributed by atoms with E-state index in [1.807, 2.05) is 0 Å². The van der Waals surface area contributed by atoms with Crippen molar-refractivity contribution >= 4 is 24.2 Å². The lowest BCUT2D eigenvalue weighted by molar-refractivity contribution is 0.334. The summed E-state index contributed by atoms with van der Waals surface area (Å²) in [4.78, 5) is 0. The van der Waals surface area contributed by atoms with E-state index in [0.717, 1.165) is 11.8 Å². The second-order valence-corrected chi connectivity index (χ2v) is 11.7. The Balaban J connectivity index is 3.89. The predicted molar refractivity (Wildman–Crippen MR) is 83.1 cm³/mol. The Hall–Kier alpha value is 0.217. The van der Waals surface area contributed by atoms with Crippen LogP contribution >= 0.6 is 15.9 Å². The van der Waals surface area contributed by atoms with Gasteiger partial charge in [0.2, 0.25) is 0 Å². The van der Waals surface area contributed by atoms with Gasteiger partial charge in [0.1, 0.15) is 0 Å². The van der Waals surface area contributed by atoms with E-state index < -0.39 is 8.32 Å². The molecule has 1 nitrogen and oxygen atoms in total. The van der Waals surface area contributed by atoms with Crippen LogP contribution in [0.4, 0.5) is 0 Å². The van der Waals surface area contributed by atoms with Crippen molar-refractivity contribution in [3.05, 3.63) is 0 Å². The van der Waals surface area contributed by atoms with E-state index in [9.17, 15) is 0 Å². The average molecular weight is 319 g/mol. The van der Waals surface area contributed by atoms with E-state index in [-0.39, 0.29) is 5.04 Å². The SMILES string of the molecule is CC(CBr)CCC#CCO[Si](C)(C)C(C)(C)C. The topological polar surface area (TPSA) is 9.23 Å². The van der Waals surface area contributed by atoms with Gasteiger partial charge in [0.05, 0.1) is 6.61 Å². The van der Waals surface area contributed by atoms with E-state index in [4.69, 9.17) is 4.43 Å². The molecule has 0 aliphatic rings. The second kappa shape index (κ2) is 7.61. The summed E-state index contributed by atoms with van der Waals surface area (Å²) >= 11 is 3.48. The third kappa shape index (κ3) is 7.28. The van der Waals surface area contributed by atoms with Gasteiger partial charge in [-0.1, -0.05) is 49.5 Å². The summed E-state index contributed by atoms with van der Waals surface area (Å²) in [5, 5.41) is 1.34. The fraction of sp³-hybridized carbons (Fsp3) is 0.857. The van der Waals surface area contributed by atoms with E-state index in [1.165, 1.54) is 6.42 Å². The molecule has 0 spiro atoms. The Morgan fingerprint density at radius 3 is 2.29 bits per heavy atom. The number of halogens is 1. The fourth-order valence-corrected chi connectivity index (χ4v) is 2.16. The quantitative estimate of drug-likeness (QED) is 0.401. The molecule has 100 valence electrons. The van der Waals surface area contributed by atoms with Gasteiger partial charge in [-0.05, 0) is 30.5 Å². The van der Waals surface area contributed by atoms with Crippen LogP contribution in [0, 0.1) is 17.8 Å². The zero-order valence-corrected chi connectivity index (χ0v) is 14.8. The molecule has 0 rings (SSSR count). The summed E-state index contributed by atoms with van der Waals surface area (Å²) in [5.74, 6) is 7.05. The predicted octanol–water partition coefficient (Wildman–Crippen LogP) is 4.82. The van der Waals surface area contributed by atoms with E-state index >= 15 is 0 Å². The zero-order chi connectivity index (χ0) is 13.5. The largest absolute Gasteiger partial charge is 0.406 e. The molecule has 0 aliphatic heterocycles. The van der Waals surface area contributed by atoms with Crippen LogP contribution in [0.15, 0.2) is 0 Å². The summed E-state index contributed by atoms with van der Waals surface area (Å²) in [6.45, 7) is 14.1. The average Bonchev–Trinajstić information content (AvgIpc) is 2.21. The van der Waals surface area contributed by atoms with Crippen molar-refractivity contribution in [3.8, 4) is 11.8 Å². The molecule has 0 aliphatic carbocycles. The van der Waals surface area contributed by atoms with E-state index in [1.54, 1.807) is 0 Å². The summed E-state index contributed by atoms with van der Waals surface area (Å²) in [5.41, 5.74) is 0. The lowest BCUT2D eigenvalue weighted by Gasteiger charge is -2.35. The minimum atomic E-state index is -1.60. The standard InChI is InChI=1S/C14H27BrOSi/c1-13(12-15)10-8-7-9-11-16-17(5,6)14(2,3)4/h13H,8,10-12H2,1-6H3. The van der Waals surface area contributed by atoms with Crippen LogP contribution in [0.2, 0.25) is 18.1 Å². The summed E-state index contributed by atoms with van der Waals surface area (Å²) in [6.07, 6.45) is 2.14. The first-order valence-corrected chi connectivity index (χ1v) is 10.4.